The van der Waals surface area contributed by atoms with E-state index in [0.717, 1.165) is 29.7 Å². The summed E-state index contributed by atoms with van der Waals surface area (Å²) >= 11 is 0. The summed E-state index contributed by atoms with van der Waals surface area (Å²) < 4.78 is 0. The molecule has 1 amide bonds. The fourth-order valence-corrected chi connectivity index (χ4v) is 5.89. The third-order valence-corrected chi connectivity index (χ3v) is 6.64. The molecule has 1 N–H and O–H groups in total. The van der Waals surface area contributed by atoms with Gasteiger partial charge in [0.1, 0.15) is 6.33 Å². The van der Waals surface area contributed by atoms with Crippen LogP contribution in [0.25, 0.3) is 0 Å². The van der Waals surface area contributed by atoms with Gasteiger partial charge in [0.05, 0.1) is 0 Å². The molecule has 4 aliphatic rings. The molecule has 0 spiro atoms. The lowest BCUT2D eigenvalue weighted by Crippen LogP contribution is -2.55. The fraction of sp³-hybridized carbons (Fsp3) is 0.737. The predicted molar refractivity (Wildman–Crippen MR) is 88.6 cm³/mol. The second-order valence-corrected chi connectivity index (χ2v) is 8.32. The fourth-order valence-electron chi connectivity index (χ4n) is 5.89. The molecule has 5 rings (SSSR count). The van der Waals surface area contributed by atoms with E-state index in [0.29, 0.717) is 17.9 Å². The van der Waals surface area contributed by atoms with Crippen LogP contribution in [0, 0.1) is 23.2 Å². The van der Waals surface area contributed by atoms with Crippen molar-refractivity contribution in [2.24, 2.45) is 23.2 Å². The number of carbonyl (C=O) groups excluding carboxylic acids is 1. The largest absolute Gasteiger partial charge is 0.353 e. The van der Waals surface area contributed by atoms with Crippen LogP contribution in [0.3, 0.4) is 0 Å². The molecule has 23 heavy (non-hydrogen) atoms. The topological polar surface area (TPSA) is 54.9 Å². The molecule has 124 valence electrons. The lowest BCUT2D eigenvalue weighted by atomic mass is 9.48. The summed E-state index contributed by atoms with van der Waals surface area (Å²) in [5, 5.41) is 3.33. The predicted octanol–water partition coefficient (Wildman–Crippen LogP) is 3.13. The van der Waals surface area contributed by atoms with Gasteiger partial charge in [0.25, 0.3) is 0 Å². The van der Waals surface area contributed by atoms with Crippen LogP contribution in [0.15, 0.2) is 18.7 Å². The van der Waals surface area contributed by atoms with Crippen molar-refractivity contribution in [3.63, 3.8) is 0 Å². The molecule has 1 atom stereocenters. The van der Waals surface area contributed by atoms with Gasteiger partial charge in [-0.15, -0.1) is 0 Å². The molecule has 4 nitrogen and oxygen atoms in total. The zero-order valence-electron chi connectivity index (χ0n) is 14.0. The average Bonchev–Trinajstić information content (AvgIpc) is 2.52. The Kier molecular flexibility index (Phi) is 3.86. The maximum atomic E-state index is 12.4. The Balaban J connectivity index is 1.34. The minimum absolute atomic E-state index is 0.178. The highest BCUT2D eigenvalue weighted by molar-refractivity contribution is 5.76. The smallest absolute Gasteiger partial charge is 0.220 e. The van der Waals surface area contributed by atoms with E-state index in [1.807, 2.05) is 0 Å². The molecule has 4 bridgehead atoms. The van der Waals surface area contributed by atoms with Crippen LogP contribution in [-0.2, 0) is 11.2 Å². The van der Waals surface area contributed by atoms with Crippen LogP contribution in [0.2, 0.25) is 0 Å². The summed E-state index contributed by atoms with van der Waals surface area (Å²) in [6, 6.07) is 0.315. The van der Waals surface area contributed by atoms with Crippen molar-refractivity contribution in [2.75, 3.05) is 0 Å². The summed E-state index contributed by atoms with van der Waals surface area (Å²) in [5.41, 5.74) is 1.42. The molecule has 1 heterocycles. The van der Waals surface area contributed by atoms with E-state index < -0.39 is 0 Å². The first-order valence-corrected chi connectivity index (χ1v) is 9.16. The van der Waals surface area contributed by atoms with Crippen LogP contribution in [-0.4, -0.2) is 21.9 Å². The monoisotopic (exact) mass is 313 g/mol. The number of hydrogen-bond acceptors (Lipinski definition) is 3. The summed E-state index contributed by atoms with van der Waals surface area (Å²) in [6.07, 6.45) is 14.7. The maximum Gasteiger partial charge on any atom is 0.220 e. The normalized spacial score (nSPS) is 36.0. The number of aryl methyl sites for hydroxylation is 1. The second-order valence-electron chi connectivity index (χ2n) is 8.32. The molecule has 0 radical (unpaired) electrons. The molecule has 4 heteroatoms. The van der Waals surface area contributed by atoms with Crippen molar-refractivity contribution >= 4 is 5.91 Å². The van der Waals surface area contributed by atoms with E-state index >= 15 is 0 Å². The molecule has 1 unspecified atom stereocenters. The van der Waals surface area contributed by atoms with Gasteiger partial charge in [0.2, 0.25) is 5.91 Å². The van der Waals surface area contributed by atoms with Crippen molar-refractivity contribution in [1.82, 2.24) is 15.3 Å². The quantitative estimate of drug-likeness (QED) is 0.908. The Bertz CT molecular complexity index is 536. The van der Waals surface area contributed by atoms with Gasteiger partial charge in [-0.1, -0.05) is 0 Å². The van der Waals surface area contributed by atoms with Crippen molar-refractivity contribution in [3.05, 3.63) is 24.3 Å². The molecule has 0 aromatic carbocycles. The Morgan fingerprint density at radius 1 is 1.17 bits per heavy atom. The van der Waals surface area contributed by atoms with Crippen LogP contribution >= 0.6 is 0 Å². The van der Waals surface area contributed by atoms with Gasteiger partial charge >= 0.3 is 0 Å². The number of rotatable bonds is 5. The summed E-state index contributed by atoms with van der Waals surface area (Å²) in [6.45, 7) is 2.25. The van der Waals surface area contributed by atoms with Crippen LogP contribution in [0.4, 0.5) is 0 Å². The molecule has 1 aromatic heterocycles. The zero-order valence-corrected chi connectivity index (χ0v) is 14.0. The second kappa shape index (κ2) is 5.88. The average molecular weight is 313 g/mol. The van der Waals surface area contributed by atoms with E-state index in [9.17, 15) is 4.79 Å². The lowest BCUT2D eigenvalue weighted by molar-refractivity contribution is -0.125. The Hall–Kier alpha value is -1.45. The highest BCUT2D eigenvalue weighted by Crippen LogP contribution is 2.61. The van der Waals surface area contributed by atoms with Crippen molar-refractivity contribution in [3.8, 4) is 0 Å². The van der Waals surface area contributed by atoms with E-state index in [4.69, 9.17) is 0 Å². The Labute approximate surface area is 138 Å². The van der Waals surface area contributed by atoms with Gasteiger partial charge < -0.3 is 5.32 Å². The number of nitrogens with one attached hydrogen (secondary N) is 1. The molecule has 4 fully saturated rings. The highest BCUT2D eigenvalue weighted by Gasteiger charge is 2.53. The van der Waals surface area contributed by atoms with Gasteiger partial charge in [-0.3, -0.25) is 4.79 Å². The SMILES string of the molecule is CC(NC(=O)CCc1cncnc1)C12CC3CC(CC(C3)C1)C2. The van der Waals surface area contributed by atoms with Crippen molar-refractivity contribution in [2.45, 2.75) is 64.3 Å². The first-order valence-electron chi connectivity index (χ1n) is 9.16. The van der Waals surface area contributed by atoms with Crippen molar-refractivity contribution in [1.29, 1.82) is 0 Å². The minimum atomic E-state index is 0.178. The minimum Gasteiger partial charge on any atom is -0.353 e. The van der Waals surface area contributed by atoms with Crippen LogP contribution < -0.4 is 5.32 Å². The summed E-state index contributed by atoms with van der Waals surface area (Å²) in [4.78, 5) is 20.4. The molecule has 4 aliphatic carbocycles. The molecular weight excluding hydrogens is 286 g/mol. The van der Waals surface area contributed by atoms with Gasteiger partial charge in [0.15, 0.2) is 0 Å². The molecular formula is C19H27N3O. The summed E-state index contributed by atoms with van der Waals surface area (Å²) in [5.74, 6) is 2.98. The van der Waals surface area contributed by atoms with E-state index in [1.54, 1.807) is 12.4 Å². The van der Waals surface area contributed by atoms with E-state index in [-0.39, 0.29) is 5.91 Å². The molecule has 1 aromatic rings. The summed E-state index contributed by atoms with van der Waals surface area (Å²) in [7, 11) is 0. The zero-order chi connectivity index (χ0) is 15.9. The number of amides is 1. The van der Waals surface area contributed by atoms with Crippen molar-refractivity contribution < 1.29 is 4.79 Å². The standard InChI is InChI=1S/C19H27N3O/c1-13(22-18(23)3-2-14-10-20-12-21-11-14)19-7-15-4-16(8-19)6-17(5-15)9-19/h10-13,15-17H,2-9H2,1H3,(H,22,23). The third-order valence-electron chi connectivity index (χ3n) is 6.64. The Morgan fingerprint density at radius 3 is 2.30 bits per heavy atom. The lowest BCUT2D eigenvalue weighted by Gasteiger charge is -2.59. The first-order chi connectivity index (χ1) is 11.1. The van der Waals surface area contributed by atoms with E-state index in [2.05, 4.69) is 22.2 Å². The van der Waals surface area contributed by atoms with Crippen LogP contribution in [0.1, 0.15) is 57.4 Å². The van der Waals surface area contributed by atoms with E-state index in [1.165, 1.54) is 44.9 Å². The number of carbonyl (C=O) groups is 1. The first kappa shape index (κ1) is 15.1. The molecule has 0 aliphatic heterocycles. The number of aromatic nitrogens is 2. The third kappa shape index (κ3) is 3.00. The maximum absolute atomic E-state index is 12.4. The molecule has 4 saturated carbocycles. The van der Waals surface area contributed by atoms with Gasteiger partial charge in [-0.2, -0.15) is 0 Å². The number of hydrogen-bond donors (Lipinski definition) is 1. The Morgan fingerprint density at radius 2 is 1.74 bits per heavy atom. The van der Waals surface area contributed by atoms with Gasteiger partial charge in [0, 0.05) is 24.9 Å². The van der Waals surface area contributed by atoms with Gasteiger partial charge in [-0.05, 0) is 80.6 Å². The number of nitrogens with zero attached hydrogens (tertiary/aromatic N) is 2. The van der Waals surface area contributed by atoms with Gasteiger partial charge in [-0.25, -0.2) is 9.97 Å². The molecule has 0 saturated heterocycles. The van der Waals surface area contributed by atoms with Crippen LogP contribution in [0.5, 0.6) is 0 Å². The highest BCUT2D eigenvalue weighted by atomic mass is 16.1.